The Morgan fingerprint density at radius 1 is 1.18 bits per heavy atom. The summed E-state index contributed by atoms with van der Waals surface area (Å²) in [5.74, 6) is -6.78. The van der Waals surface area contributed by atoms with E-state index in [1.165, 1.54) is 0 Å². The third-order valence-electron chi connectivity index (χ3n) is 1.88. The fourth-order valence-corrected chi connectivity index (χ4v) is 1.07. The molecule has 0 spiro atoms. The molecule has 0 aromatic heterocycles. The highest BCUT2D eigenvalue weighted by atomic mass is 19.2. The van der Waals surface area contributed by atoms with Crippen molar-refractivity contribution < 1.29 is 22.4 Å². The van der Waals surface area contributed by atoms with Gasteiger partial charge in [0.1, 0.15) is 11.3 Å². The normalized spacial score (nSPS) is 9.82. The zero-order chi connectivity index (χ0) is 13.2. The number of rotatable bonds is 2. The number of nitrogens with one attached hydrogen (secondary N) is 1. The van der Waals surface area contributed by atoms with Gasteiger partial charge >= 0.3 is 0 Å². The van der Waals surface area contributed by atoms with Gasteiger partial charge in [-0.1, -0.05) is 5.92 Å². The highest BCUT2D eigenvalue weighted by Gasteiger charge is 2.27. The van der Waals surface area contributed by atoms with E-state index in [2.05, 4.69) is 0 Å². The van der Waals surface area contributed by atoms with E-state index >= 15 is 0 Å². The van der Waals surface area contributed by atoms with Crippen molar-refractivity contribution in [3.63, 3.8) is 0 Å². The molecule has 0 fully saturated rings. The van der Waals surface area contributed by atoms with E-state index in [0.29, 0.717) is 0 Å². The second kappa shape index (κ2) is 4.74. The second-order valence-electron chi connectivity index (χ2n) is 2.93. The lowest BCUT2D eigenvalue weighted by molar-refractivity contribution is 0.0948. The molecule has 0 radical (unpaired) electrons. The molecular weight excluding hydrogens is 240 g/mol. The first-order chi connectivity index (χ1) is 7.91. The molecule has 90 valence electrons. The van der Waals surface area contributed by atoms with Gasteiger partial charge in [0.05, 0.1) is 6.54 Å². The molecule has 0 aliphatic rings. The van der Waals surface area contributed by atoms with Crippen molar-refractivity contribution in [2.75, 3.05) is 12.3 Å². The highest BCUT2D eigenvalue weighted by Crippen LogP contribution is 2.25. The standard InChI is InChI=1S/C10H6F4N2O/c1-2-3-16-10(17)4-5(11)7(13)9(15)8(14)6(4)12/h1H,3,15H2,(H,16,17). The van der Waals surface area contributed by atoms with Gasteiger partial charge in [-0.2, -0.15) is 0 Å². The van der Waals surface area contributed by atoms with Crippen molar-refractivity contribution in [1.29, 1.82) is 0 Å². The zero-order valence-electron chi connectivity index (χ0n) is 8.28. The van der Waals surface area contributed by atoms with Gasteiger partial charge in [-0.05, 0) is 0 Å². The first-order valence-electron chi connectivity index (χ1n) is 4.24. The number of amides is 1. The Kier molecular flexibility index (Phi) is 3.58. The number of anilines is 1. The minimum absolute atomic E-state index is 0.342. The summed E-state index contributed by atoms with van der Waals surface area (Å²) in [5.41, 5.74) is 2.03. The monoisotopic (exact) mass is 246 g/mol. The molecule has 0 saturated heterocycles. The summed E-state index contributed by atoms with van der Waals surface area (Å²) in [6.07, 6.45) is 4.79. The van der Waals surface area contributed by atoms with E-state index < -0.39 is 40.4 Å². The topological polar surface area (TPSA) is 55.1 Å². The molecule has 7 heteroatoms. The molecule has 0 atom stereocenters. The van der Waals surface area contributed by atoms with Crippen LogP contribution in [-0.4, -0.2) is 12.5 Å². The summed E-state index contributed by atoms with van der Waals surface area (Å²) in [6.45, 7) is -0.342. The Morgan fingerprint density at radius 2 is 1.65 bits per heavy atom. The Labute approximate surface area is 93.6 Å². The lowest BCUT2D eigenvalue weighted by atomic mass is 10.1. The van der Waals surface area contributed by atoms with Gasteiger partial charge in [0.15, 0.2) is 23.3 Å². The fraction of sp³-hybridized carbons (Fsp3) is 0.100. The van der Waals surface area contributed by atoms with Crippen LogP contribution in [0.25, 0.3) is 0 Å². The number of carbonyl (C=O) groups is 1. The molecule has 17 heavy (non-hydrogen) atoms. The number of nitrogens with two attached hydrogens (primary N) is 1. The number of carbonyl (C=O) groups excluding carboxylic acids is 1. The third kappa shape index (κ3) is 2.15. The summed E-state index contributed by atoms with van der Waals surface area (Å²) in [5, 5.41) is 1.87. The van der Waals surface area contributed by atoms with Crippen molar-refractivity contribution in [3.05, 3.63) is 28.8 Å². The maximum absolute atomic E-state index is 13.2. The molecule has 0 aliphatic heterocycles. The van der Waals surface area contributed by atoms with Crippen LogP contribution in [0.3, 0.4) is 0 Å². The van der Waals surface area contributed by atoms with Crippen LogP contribution in [0.5, 0.6) is 0 Å². The van der Waals surface area contributed by atoms with E-state index in [4.69, 9.17) is 12.2 Å². The van der Waals surface area contributed by atoms with Crippen LogP contribution in [0.4, 0.5) is 23.2 Å². The molecule has 0 unspecified atom stereocenters. The highest BCUT2D eigenvalue weighted by molar-refractivity contribution is 5.95. The van der Waals surface area contributed by atoms with Crippen LogP contribution in [0.2, 0.25) is 0 Å². The molecule has 0 saturated carbocycles. The molecule has 0 heterocycles. The molecule has 0 aliphatic carbocycles. The minimum atomic E-state index is -1.86. The Hall–Kier alpha value is -2.23. The van der Waals surface area contributed by atoms with Crippen LogP contribution in [-0.2, 0) is 0 Å². The van der Waals surface area contributed by atoms with Crippen molar-refractivity contribution >= 4 is 11.6 Å². The molecule has 1 aromatic rings. The summed E-state index contributed by atoms with van der Waals surface area (Å²) in [6, 6.07) is 0. The van der Waals surface area contributed by atoms with Crippen LogP contribution in [0, 0.1) is 35.6 Å². The Balaban J connectivity index is 3.35. The van der Waals surface area contributed by atoms with Crippen LogP contribution < -0.4 is 11.1 Å². The quantitative estimate of drug-likeness (QED) is 0.356. The predicted molar refractivity (Wildman–Crippen MR) is 51.9 cm³/mol. The van der Waals surface area contributed by atoms with Crippen molar-refractivity contribution in [3.8, 4) is 12.3 Å². The average molecular weight is 246 g/mol. The number of hydrogen-bond acceptors (Lipinski definition) is 2. The van der Waals surface area contributed by atoms with Gasteiger partial charge < -0.3 is 11.1 Å². The third-order valence-corrected chi connectivity index (χ3v) is 1.88. The number of terminal acetylenes is 1. The van der Waals surface area contributed by atoms with E-state index in [0.717, 1.165) is 0 Å². The summed E-state index contributed by atoms with van der Waals surface area (Å²) in [7, 11) is 0. The summed E-state index contributed by atoms with van der Waals surface area (Å²) < 4.78 is 52.4. The van der Waals surface area contributed by atoms with Gasteiger partial charge in [0.25, 0.3) is 5.91 Å². The van der Waals surface area contributed by atoms with Crippen molar-refractivity contribution in [1.82, 2.24) is 5.32 Å². The molecule has 3 N–H and O–H groups in total. The lowest BCUT2D eigenvalue weighted by Gasteiger charge is -2.08. The van der Waals surface area contributed by atoms with Gasteiger partial charge in [-0.25, -0.2) is 17.6 Å². The lowest BCUT2D eigenvalue weighted by Crippen LogP contribution is -2.27. The smallest absolute Gasteiger partial charge is 0.258 e. The van der Waals surface area contributed by atoms with Crippen molar-refractivity contribution in [2.45, 2.75) is 0 Å². The van der Waals surface area contributed by atoms with Crippen molar-refractivity contribution in [2.24, 2.45) is 0 Å². The van der Waals surface area contributed by atoms with E-state index in [1.54, 1.807) is 0 Å². The van der Waals surface area contributed by atoms with Crippen LogP contribution >= 0.6 is 0 Å². The zero-order valence-corrected chi connectivity index (χ0v) is 8.28. The number of benzene rings is 1. The largest absolute Gasteiger partial charge is 0.394 e. The van der Waals surface area contributed by atoms with Gasteiger partial charge in [0.2, 0.25) is 0 Å². The van der Waals surface area contributed by atoms with E-state index in [1.807, 2.05) is 11.2 Å². The number of hydrogen-bond donors (Lipinski definition) is 2. The van der Waals surface area contributed by atoms with Gasteiger partial charge in [-0.15, -0.1) is 6.42 Å². The average Bonchev–Trinajstić information content (AvgIpc) is 2.31. The van der Waals surface area contributed by atoms with E-state index in [9.17, 15) is 22.4 Å². The fourth-order valence-electron chi connectivity index (χ4n) is 1.07. The molecule has 1 amide bonds. The van der Waals surface area contributed by atoms with Crippen LogP contribution in [0.1, 0.15) is 10.4 Å². The SMILES string of the molecule is C#CCNC(=O)c1c(F)c(F)c(N)c(F)c1F. The van der Waals surface area contributed by atoms with E-state index in [-0.39, 0.29) is 6.54 Å². The Morgan fingerprint density at radius 3 is 2.06 bits per heavy atom. The summed E-state index contributed by atoms with van der Waals surface area (Å²) >= 11 is 0. The molecule has 0 bridgehead atoms. The second-order valence-corrected chi connectivity index (χ2v) is 2.93. The molecule has 1 rings (SSSR count). The first-order valence-corrected chi connectivity index (χ1v) is 4.24. The molecule has 3 nitrogen and oxygen atoms in total. The van der Waals surface area contributed by atoms with Gasteiger partial charge in [-0.3, -0.25) is 4.79 Å². The maximum atomic E-state index is 13.2. The number of halogens is 4. The summed E-state index contributed by atoms with van der Waals surface area (Å²) in [4.78, 5) is 11.2. The first kappa shape index (κ1) is 12.8. The Bertz CT molecular complexity index is 493. The van der Waals surface area contributed by atoms with Gasteiger partial charge in [0, 0.05) is 0 Å². The van der Waals surface area contributed by atoms with Crippen LogP contribution in [0.15, 0.2) is 0 Å². The predicted octanol–water partition coefficient (Wildman–Crippen LogP) is 1.19. The molecular formula is C10H6F4N2O. The number of nitrogen functional groups attached to an aromatic ring is 1. The maximum Gasteiger partial charge on any atom is 0.258 e. The molecule has 1 aromatic carbocycles. The minimum Gasteiger partial charge on any atom is -0.394 e.